The average Bonchev–Trinajstić information content (AvgIpc) is 3.13. The summed E-state index contributed by atoms with van der Waals surface area (Å²) in [7, 11) is 1.54. The van der Waals surface area contributed by atoms with E-state index in [1.165, 1.54) is 36.0 Å². The van der Waals surface area contributed by atoms with Crippen molar-refractivity contribution in [2.75, 3.05) is 13.7 Å². The zero-order valence-electron chi connectivity index (χ0n) is 19.0. The van der Waals surface area contributed by atoms with Crippen molar-refractivity contribution in [2.24, 2.45) is 4.99 Å². The van der Waals surface area contributed by atoms with Gasteiger partial charge in [-0.15, -0.1) is 0 Å². The maximum Gasteiger partial charge on any atom is 0.338 e. The maximum atomic E-state index is 13.6. The van der Waals surface area contributed by atoms with Gasteiger partial charge in [-0.05, 0) is 37.6 Å². The Morgan fingerprint density at radius 1 is 1.29 bits per heavy atom. The van der Waals surface area contributed by atoms with Crippen LogP contribution < -0.4 is 19.6 Å². The third-order valence-electron chi connectivity index (χ3n) is 5.48. The van der Waals surface area contributed by atoms with E-state index < -0.39 is 33.9 Å². The highest BCUT2D eigenvalue weighted by Crippen LogP contribution is 2.32. The molecule has 0 spiro atoms. The van der Waals surface area contributed by atoms with Gasteiger partial charge in [-0.2, -0.15) is 0 Å². The lowest BCUT2D eigenvalue weighted by Gasteiger charge is -2.24. The van der Waals surface area contributed by atoms with E-state index >= 15 is 0 Å². The topological polar surface area (TPSA) is 133 Å². The van der Waals surface area contributed by atoms with Gasteiger partial charge in [0, 0.05) is 11.6 Å². The molecule has 0 saturated carbocycles. The minimum absolute atomic E-state index is 0.117. The molecule has 35 heavy (non-hydrogen) atoms. The van der Waals surface area contributed by atoms with E-state index in [1.54, 1.807) is 38.1 Å². The molecule has 1 atom stereocenters. The molecule has 0 amide bonds. The summed E-state index contributed by atoms with van der Waals surface area (Å²) < 4.78 is 12.1. The normalized spacial score (nSPS) is 15.4. The first-order chi connectivity index (χ1) is 16.8. The zero-order valence-corrected chi connectivity index (χ0v) is 19.9. The van der Waals surface area contributed by atoms with Crippen LogP contribution in [0.25, 0.3) is 6.08 Å². The summed E-state index contributed by atoms with van der Waals surface area (Å²) in [6.45, 7) is 3.52. The minimum atomic E-state index is -0.808. The Kier molecular flexibility index (Phi) is 6.52. The standard InChI is InChI=1S/C24H21N3O7S/c1-4-34-23(30)19-13(2)25-24-26(20(19)14-8-10-16(33-3)11-9-14)22(29)18(35-24)12-15-6-5-7-17(21(15)28)27(31)32/h5-12,20,28H,4H2,1-3H3/t20-/m1/s1. The van der Waals surface area contributed by atoms with Gasteiger partial charge in [0.05, 0.1) is 40.5 Å². The number of benzene rings is 2. The van der Waals surface area contributed by atoms with Crippen molar-refractivity contribution >= 4 is 29.1 Å². The Morgan fingerprint density at radius 3 is 2.63 bits per heavy atom. The smallest absolute Gasteiger partial charge is 0.338 e. The number of hydrogen-bond acceptors (Lipinski definition) is 9. The number of nitro groups is 1. The van der Waals surface area contributed by atoms with E-state index in [9.17, 15) is 24.8 Å². The van der Waals surface area contributed by atoms with Crippen LogP contribution in [0, 0.1) is 10.1 Å². The van der Waals surface area contributed by atoms with Crippen LogP contribution in [-0.2, 0) is 9.53 Å². The number of hydrogen-bond donors (Lipinski definition) is 1. The van der Waals surface area contributed by atoms with Crippen LogP contribution in [0.5, 0.6) is 11.5 Å². The number of carbonyl (C=O) groups excluding carboxylic acids is 1. The highest BCUT2D eigenvalue weighted by Gasteiger charge is 2.33. The van der Waals surface area contributed by atoms with E-state index in [1.807, 2.05) is 0 Å². The summed E-state index contributed by atoms with van der Waals surface area (Å²) >= 11 is 1.05. The molecule has 2 heterocycles. The highest BCUT2D eigenvalue weighted by molar-refractivity contribution is 7.07. The predicted molar refractivity (Wildman–Crippen MR) is 128 cm³/mol. The molecule has 1 N–H and O–H groups in total. The Bertz CT molecular complexity index is 1530. The van der Waals surface area contributed by atoms with Crippen LogP contribution in [0.3, 0.4) is 0 Å². The van der Waals surface area contributed by atoms with Gasteiger partial charge < -0.3 is 14.6 Å². The number of fused-ring (bicyclic) bond motifs is 1. The molecule has 0 aliphatic carbocycles. The number of thiazole rings is 1. The van der Waals surface area contributed by atoms with Crippen LogP contribution in [-0.4, -0.2) is 34.3 Å². The third kappa shape index (κ3) is 4.33. The Hall–Kier alpha value is -4.25. The second kappa shape index (κ2) is 9.55. The van der Waals surface area contributed by atoms with Crippen molar-refractivity contribution < 1.29 is 24.3 Å². The van der Waals surface area contributed by atoms with Gasteiger partial charge in [0.1, 0.15) is 5.75 Å². The van der Waals surface area contributed by atoms with E-state index in [0.29, 0.717) is 21.8 Å². The second-order valence-electron chi connectivity index (χ2n) is 7.55. The summed E-state index contributed by atoms with van der Waals surface area (Å²) in [6.07, 6.45) is 1.38. The van der Waals surface area contributed by atoms with Gasteiger partial charge in [0.15, 0.2) is 4.80 Å². The number of ether oxygens (including phenoxy) is 2. The molecule has 1 aromatic heterocycles. The lowest BCUT2D eigenvalue weighted by Crippen LogP contribution is -2.39. The van der Waals surface area contributed by atoms with Crippen molar-refractivity contribution in [3.63, 3.8) is 0 Å². The van der Waals surface area contributed by atoms with Crippen molar-refractivity contribution in [3.8, 4) is 11.5 Å². The van der Waals surface area contributed by atoms with Gasteiger partial charge in [-0.25, -0.2) is 9.79 Å². The third-order valence-corrected chi connectivity index (χ3v) is 6.46. The molecule has 0 radical (unpaired) electrons. The summed E-state index contributed by atoms with van der Waals surface area (Å²) in [6, 6.07) is 10.2. The zero-order chi connectivity index (χ0) is 25.3. The number of rotatable bonds is 6. The average molecular weight is 496 g/mol. The second-order valence-corrected chi connectivity index (χ2v) is 8.56. The van der Waals surface area contributed by atoms with E-state index in [-0.39, 0.29) is 22.3 Å². The molecule has 0 bridgehead atoms. The van der Waals surface area contributed by atoms with Crippen LogP contribution in [0.2, 0.25) is 0 Å². The van der Waals surface area contributed by atoms with Crippen molar-refractivity contribution in [1.82, 2.24) is 4.57 Å². The number of phenolic OH excluding ortho intramolecular Hbond substituents is 1. The fourth-order valence-electron chi connectivity index (χ4n) is 3.85. The first-order valence-corrected chi connectivity index (χ1v) is 11.4. The molecule has 10 nitrogen and oxygen atoms in total. The fraction of sp³-hybridized carbons (Fsp3) is 0.208. The molecule has 1 aliphatic rings. The summed E-state index contributed by atoms with van der Waals surface area (Å²) in [5, 5.41) is 21.5. The first-order valence-electron chi connectivity index (χ1n) is 10.6. The van der Waals surface area contributed by atoms with Gasteiger partial charge in [0.25, 0.3) is 5.56 Å². The minimum Gasteiger partial charge on any atom is -0.502 e. The number of aromatic hydroxyl groups is 1. The van der Waals surface area contributed by atoms with Gasteiger partial charge in [-0.1, -0.05) is 35.6 Å². The number of esters is 1. The summed E-state index contributed by atoms with van der Waals surface area (Å²) in [4.78, 5) is 41.8. The van der Waals surface area contributed by atoms with Gasteiger partial charge in [0.2, 0.25) is 5.75 Å². The Balaban J connectivity index is 1.95. The molecule has 3 aromatic rings. The molecular weight excluding hydrogens is 474 g/mol. The molecule has 2 aromatic carbocycles. The molecular formula is C24H21N3O7S. The monoisotopic (exact) mass is 495 g/mol. The summed E-state index contributed by atoms with van der Waals surface area (Å²) in [5.41, 5.74) is 0.475. The number of methoxy groups -OCH3 is 1. The van der Waals surface area contributed by atoms with E-state index in [4.69, 9.17) is 9.47 Å². The van der Waals surface area contributed by atoms with Crippen molar-refractivity contribution in [2.45, 2.75) is 19.9 Å². The van der Waals surface area contributed by atoms with Crippen LogP contribution >= 0.6 is 11.3 Å². The molecule has 180 valence electrons. The molecule has 4 rings (SSSR count). The molecule has 0 unspecified atom stereocenters. The van der Waals surface area contributed by atoms with Gasteiger partial charge in [-0.3, -0.25) is 19.5 Å². The molecule has 11 heteroatoms. The highest BCUT2D eigenvalue weighted by atomic mass is 32.1. The largest absolute Gasteiger partial charge is 0.502 e. The first kappa shape index (κ1) is 23.9. The summed E-state index contributed by atoms with van der Waals surface area (Å²) in [5.74, 6) is -0.515. The number of para-hydroxylation sites is 1. The quantitative estimate of drug-likeness (QED) is 0.315. The number of nitro benzene ring substituents is 1. The molecule has 0 fully saturated rings. The number of phenols is 1. The lowest BCUT2D eigenvalue weighted by atomic mass is 9.96. The Morgan fingerprint density at radius 2 is 2.00 bits per heavy atom. The number of carbonyl (C=O) groups is 1. The van der Waals surface area contributed by atoms with Gasteiger partial charge >= 0.3 is 11.7 Å². The van der Waals surface area contributed by atoms with Crippen molar-refractivity contribution in [3.05, 3.63) is 94.7 Å². The van der Waals surface area contributed by atoms with Crippen LogP contribution in [0.4, 0.5) is 5.69 Å². The van der Waals surface area contributed by atoms with Crippen LogP contribution in [0.1, 0.15) is 31.0 Å². The fourth-order valence-corrected chi connectivity index (χ4v) is 4.88. The SMILES string of the molecule is CCOC(=O)C1=C(C)N=c2sc(=Cc3cccc([N+](=O)[O-])c3O)c(=O)n2[C@@H]1c1ccc(OC)cc1. The number of nitrogens with zero attached hydrogens (tertiary/aromatic N) is 3. The lowest BCUT2D eigenvalue weighted by molar-refractivity contribution is -0.385. The molecule has 0 saturated heterocycles. The predicted octanol–water partition coefficient (Wildman–Crippen LogP) is 2.42. The molecule has 1 aliphatic heterocycles. The van der Waals surface area contributed by atoms with E-state index in [0.717, 1.165) is 11.3 Å². The van der Waals surface area contributed by atoms with E-state index in [2.05, 4.69) is 4.99 Å². The van der Waals surface area contributed by atoms with Crippen LogP contribution in [0.15, 0.2) is 63.5 Å². The Labute approximate surface area is 202 Å². The number of aromatic nitrogens is 1. The number of allylic oxidation sites excluding steroid dienone is 1. The van der Waals surface area contributed by atoms with Crippen molar-refractivity contribution in [1.29, 1.82) is 0 Å². The maximum absolute atomic E-state index is 13.6.